The summed E-state index contributed by atoms with van der Waals surface area (Å²) in [6, 6.07) is 1.46. The van der Waals surface area contributed by atoms with E-state index in [9.17, 15) is 9.90 Å². The number of aromatic nitrogens is 2. The van der Waals surface area contributed by atoms with Crippen molar-refractivity contribution in [2.24, 2.45) is 5.41 Å². The zero-order valence-electron chi connectivity index (χ0n) is 10.8. The van der Waals surface area contributed by atoms with Crippen LogP contribution in [0, 0.1) is 12.3 Å². The van der Waals surface area contributed by atoms with Gasteiger partial charge in [-0.15, -0.1) is 0 Å². The number of nitrogens with zero attached hydrogens (tertiary/aromatic N) is 1. The number of aliphatic hydroxyl groups excluding tert-OH is 1. The van der Waals surface area contributed by atoms with E-state index in [1.165, 1.54) is 25.3 Å². The highest BCUT2D eigenvalue weighted by atomic mass is 16.3. The van der Waals surface area contributed by atoms with E-state index in [0.717, 1.165) is 12.8 Å². The van der Waals surface area contributed by atoms with Gasteiger partial charge in [0.2, 0.25) is 0 Å². The van der Waals surface area contributed by atoms with Gasteiger partial charge in [0.1, 0.15) is 11.6 Å². The summed E-state index contributed by atoms with van der Waals surface area (Å²) in [4.78, 5) is 18.2. The Morgan fingerprint density at radius 1 is 1.44 bits per heavy atom. The average Bonchev–Trinajstić information content (AvgIpc) is 2.36. The van der Waals surface area contributed by atoms with Gasteiger partial charge in [0.05, 0.1) is 6.61 Å². The van der Waals surface area contributed by atoms with Crippen molar-refractivity contribution in [3.63, 3.8) is 0 Å². The van der Waals surface area contributed by atoms with Crippen LogP contribution in [-0.2, 0) is 0 Å². The first-order valence-electron chi connectivity index (χ1n) is 6.56. The van der Waals surface area contributed by atoms with E-state index in [0.29, 0.717) is 18.2 Å². The van der Waals surface area contributed by atoms with Crippen LogP contribution in [0.1, 0.15) is 37.9 Å². The fraction of sp³-hybridized carbons (Fsp3) is 0.692. The molecule has 2 rings (SSSR count). The van der Waals surface area contributed by atoms with Crippen LogP contribution in [0.5, 0.6) is 0 Å². The van der Waals surface area contributed by atoms with Gasteiger partial charge in [0, 0.05) is 18.0 Å². The van der Waals surface area contributed by atoms with E-state index < -0.39 is 0 Å². The zero-order chi connectivity index (χ0) is 13.0. The van der Waals surface area contributed by atoms with Crippen LogP contribution in [0.4, 0.5) is 5.82 Å². The number of H-pyrrole nitrogens is 1. The summed E-state index contributed by atoms with van der Waals surface area (Å²) in [7, 11) is 0. The Morgan fingerprint density at radius 3 is 2.78 bits per heavy atom. The molecule has 0 unspecified atom stereocenters. The first-order valence-corrected chi connectivity index (χ1v) is 6.56. The summed E-state index contributed by atoms with van der Waals surface area (Å²) < 4.78 is 0. The van der Waals surface area contributed by atoms with Gasteiger partial charge in [0.15, 0.2) is 0 Å². The second kappa shape index (κ2) is 5.52. The fourth-order valence-electron chi connectivity index (χ4n) is 2.64. The molecule has 1 fully saturated rings. The molecule has 1 heterocycles. The molecular weight excluding hydrogens is 230 g/mol. The molecule has 100 valence electrons. The molecule has 1 aliphatic rings. The first-order chi connectivity index (χ1) is 8.63. The van der Waals surface area contributed by atoms with Gasteiger partial charge in [-0.2, -0.15) is 0 Å². The quantitative estimate of drug-likeness (QED) is 0.756. The van der Waals surface area contributed by atoms with E-state index >= 15 is 0 Å². The Labute approximate surface area is 107 Å². The van der Waals surface area contributed by atoms with E-state index in [1.54, 1.807) is 6.92 Å². The lowest BCUT2D eigenvalue weighted by Gasteiger charge is -2.35. The molecule has 1 aromatic heterocycles. The van der Waals surface area contributed by atoms with Crippen LogP contribution in [-0.4, -0.2) is 28.2 Å². The Bertz CT molecular complexity index is 450. The Balaban J connectivity index is 2.03. The molecule has 5 heteroatoms. The van der Waals surface area contributed by atoms with E-state index in [1.807, 2.05) is 0 Å². The molecule has 1 aromatic rings. The smallest absolute Gasteiger partial charge is 0.252 e. The average molecular weight is 251 g/mol. The Morgan fingerprint density at radius 2 is 2.17 bits per heavy atom. The zero-order valence-corrected chi connectivity index (χ0v) is 10.8. The van der Waals surface area contributed by atoms with Crippen molar-refractivity contribution in [3.05, 3.63) is 22.2 Å². The third-order valence-corrected chi connectivity index (χ3v) is 3.75. The maximum atomic E-state index is 11.3. The molecule has 0 amide bonds. The van der Waals surface area contributed by atoms with Crippen molar-refractivity contribution in [1.29, 1.82) is 0 Å². The molecule has 0 atom stereocenters. The number of aryl methyl sites for hydroxylation is 1. The van der Waals surface area contributed by atoms with Crippen molar-refractivity contribution >= 4 is 5.82 Å². The van der Waals surface area contributed by atoms with Gasteiger partial charge in [-0.3, -0.25) is 4.79 Å². The van der Waals surface area contributed by atoms with Crippen LogP contribution in [0.3, 0.4) is 0 Å². The van der Waals surface area contributed by atoms with Gasteiger partial charge >= 0.3 is 0 Å². The van der Waals surface area contributed by atoms with Crippen molar-refractivity contribution in [2.45, 2.75) is 39.0 Å². The molecule has 0 saturated heterocycles. The Kier molecular flexibility index (Phi) is 4.01. The molecule has 18 heavy (non-hydrogen) atoms. The van der Waals surface area contributed by atoms with E-state index in [-0.39, 0.29) is 17.6 Å². The van der Waals surface area contributed by atoms with Crippen molar-refractivity contribution in [2.75, 3.05) is 18.5 Å². The molecule has 0 bridgehead atoms. The highest BCUT2D eigenvalue weighted by Gasteiger charge is 2.31. The number of hydrogen-bond donors (Lipinski definition) is 3. The lowest BCUT2D eigenvalue weighted by molar-refractivity contribution is 0.0943. The summed E-state index contributed by atoms with van der Waals surface area (Å²) in [5, 5.41) is 12.8. The molecular formula is C13H21N3O2. The SMILES string of the molecule is Cc1nc(NCC2(CO)CCCCC2)cc(=O)[nH]1. The monoisotopic (exact) mass is 251 g/mol. The number of hydrogen-bond acceptors (Lipinski definition) is 4. The van der Waals surface area contributed by atoms with Crippen LogP contribution in [0.25, 0.3) is 0 Å². The topological polar surface area (TPSA) is 78.0 Å². The minimum Gasteiger partial charge on any atom is -0.396 e. The minimum atomic E-state index is -0.147. The molecule has 1 saturated carbocycles. The van der Waals surface area contributed by atoms with E-state index in [4.69, 9.17) is 0 Å². The number of nitrogens with one attached hydrogen (secondary N) is 2. The third kappa shape index (κ3) is 3.10. The number of rotatable bonds is 4. The first kappa shape index (κ1) is 13.1. The predicted molar refractivity (Wildman–Crippen MR) is 70.7 cm³/mol. The highest BCUT2D eigenvalue weighted by Crippen LogP contribution is 2.35. The van der Waals surface area contributed by atoms with Gasteiger partial charge in [0.25, 0.3) is 5.56 Å². The maximum Gasteiger partial charge on any atom is 0.252 e. The second-order valence-electron chi connectivity index (χ2n) is 5.29. The van der Waals surface area contributed by atoms with Crippen LogP contribution < -0.4 is 10.9 Å². The highest BCUT2D eigenvalue weighted by molar-refractivity contribution is 5.33. The van der Waals surface area contributed by atoms with Gasteiger partial charge in [-0.05, 0) is 19.8 Å². The van der Waals surface area contributed by atoms with Crippen molar-refractivity contribution in [1.82, 2.24) is 9.97 Å². The Hall–Kier alpha value is -1.36. The standard InChI is InChI=1S/C13H21N3O2/c1-10-15-11(7-12(18)16-10)14-8-13(9-17)5-3-2-4-6-13/h7,17H,2-6,8-9H2,1H3,(H2,14,15,16,18). The number of anilines is 1. The molecule has 3 N–H and O–H groups in total. The normalized spacial score (nSPS) is 18.6. The van der Waals surface area contributed by atoms with Crippen molar-refractivity contribution in [3.8, 4) is 0 Å². The molecule has 0 spiro atoms. The molecule has 0 radical (unpaired) electrons. The fourth-order valence-corrected chi connectivity index (χ4v) is 2.64. The summed E-state index contributed by atoms with van der Waals surface area (Å²) in [5.74, 6) is 1.20. The van der Waals surface area contributed by atoms with Crippen LogP contribution >= 0.6 is 0 Å². The molecule has 0 aliphatic heterocycles. The summed E-state index contributed by atoms with van der Waals surface area (Å²) >= 11 is 0. The van der Waals surface area contributed by atoms with Crippen LogP contribution in [0.2, 0.25) is 0 Å². The van der Waals surface area contributed by atoms with E-state index in [2.05, 4.69) is 15.3 Å². The maximum absolute atomic E-state index is 11.3. The lowest BCUT2D eigenvalue weighted by atomic mass is 9.74. The number of aromatic amines is 1. The largest absolute Gasteiger partial charge is 0.396 e. The number of aliphatic hydroxyl groups is 1. The van der Waals surface area contributed by atoms with Gasteiger partial charge in [-0.1, -0.05) is 19.3 Å². The van der Waals surface area contributed by atoms with Crippen LogP contribution in [0.15, 0.2) is 10.9 Å². The lowest BCUT2D eigenvalue weighted by Crippen LogP contribution is -2.36. The predicted octanol–water partition coefficient (Wildman–Crippen LogP) is 1.43. The summed E-state index contributed by atoms with van der Waals surface area (Å²) in [6.07, 6.45) is 5.68. The van der Waals surface area contributed by atoms with Gasteiger partial charge in [-0.25, -0.2) is 4.98 Å². The molecule has 1 aliphatic carbocycles. The summed E-state index contributed by atoms with van der Waals surface area (Å²) in [6.45, 7) is 2.64. The summed E-state index contributed by atoms with van der Waals surface area (Å²) in [5.41, 5.74) is -0.192. The van der Waals surface area contributed by atoms with Gasteiger partial charge < -0.3 is 15.4 Å². The molecule has 0 aromatic carbocycles. The minimum absolute atomic E-state index is 0.0452. The second-order valence-corrected chi connectivity index (χ2v) is 5.29. The van der Waals surface area contributed by atoms with Crippen molar-refractivity contribution < 1.29 is 5.11 Å². The molecule has 5 nitrogen and oxygen atoms in total. The third-order valence-electron chi connectivity index (χ3n) is 3.75.